The fourth-order valence-electron chi connectivity index (χ4n) is 1.63. The largest absolute Gasteiger partial charge is 0.353 e. The second-order valence-corrected chi connectivity index (χ2v) is 3.70. The van der Waals surface area contributed by atoms with Crippen molar-refractivity contribution in [1.29, 1.82) is 0 Å². The minimum Gasteiger partial charge on any atom is -0.353 e. The van der Waals surface area contributed by atoms with Crippen LogP contribution in [-0.4, -0.2) is 28.6 Å². The van der Waals surface area contributed by atoms with Gasteiger partial charge in [-0.15, -0.1) is 0 Å². The number of rotatable bonds is 3. The first kappa shape index (κ1) is 10.4. The zero-order valence-electron chi connectivity index (χ0n) is 8.89. The van der Waals surface area contributed by atoms with E-state index in [1.165, 1.54) is 0 Å². The second kappa shape index (κ2) is 4.63. The summed E-state index contributed by atoms with van der Waals surface area (Å²) in [5.74, 6) is 0. The van der Waals surface area contributed by atoms with Gasteiger partial charge in [0.05, 0.1) is 13.2 Å². The lowest BCUT2D eigenvalue weighted by molar-refractivity contribution is -0.182. The van der Waals surface area contributed by atoms with Crippen LogP contribution in [0, 0.1) is 0 Å². The average molecular weight is 212 g/mol. The van der Waals surface area contributed by atoms with E-state index in [2.05, 4.69) is 0 Å². The Kier molecular flexibility index (Phi) is 3.23. The maximum Gasteiger partial charge on any atom is 0.327 e. The third-order valence-corrected chi connectivity index (χ3v) is 2.52. The molecule has 0 spiro atoms. The lowest BCUT2D eigenvalue weighted by Gasteiger charge is -2.22. The van der Waals surface area contributed by atoms with Crippen LogP contribution in [0.1, 0.15) is 12.8 Å². The molecule has 2 heterocycles. The molecule has 5 heteroatoms. The standard InChI is InChI=1S/C10H16N2O3/c1-11-5-6-12(10(11)13)4-3-9-14-7-2-8-15-9/h5-6,9H,2-4,7-8H2,1H3. The summed E-state index contributed by atoms with van der Waals surface area (Å²) in [6, 6.07) is 0. The van der Waals surface area contributed by atoms with Gasteiger partial charge in [-0.1, -0.05) is 0 Å². The first-order valence-electron chi connectivity index (χ1n) is 5.22. The van der Waals surface area contributed by atoms with Gasteiger partial charge in [0.25, 0.3) is 0 Å². The number of ether oxygens (including phenoxy) is 2. The lowest BCUT2D eigenvalue weighted by Crippen LogP contribution is -2.28. The molecule has 0 radical (unpaired) electrons. The summed E-state index contributed by atoms with van der Waals surface area (Å²) in [6.45, 7) is 2.16. The van der Waals surface area contributed by atoms with Crippen LogP contribution >= 0.6 is 0 Å². The van der Waals surface area contributed by atoms with E-state index in [4.69, 9.17) is 9.47 Å². The van der Waals surface area contributed by atoms with Crippen LogP contribution in [0.2, 0.25) is 0 Å². The molecular formula is C10H16N2O3. The van der Waals surface area contributed by atoms with Crippen molar-refractivity contribution in [1.82, 2.24) is 9.13 Å². The van der Waals surface area contributed by atoms with Crippen molar-refractivity contribution in [3.05, 3.63) is 22.9 Å². The van der Waals surface area contributed by atoms with E-state index in [0.29, 0.717) is 6.54 Å². The molecule has 2 rings (SSSR count). The van der Waals surface area contributed by atoms with Crippen LogP contribution in [0.4, 0.5) is 0 Å². The van der Waals surface area contributed by atoms with E-state index >= 15 is 0 Å². The molecule has 1 aliphatic rings. The minimum atomic E-state index is -0.147. The summed E-state index contributed by atoms with van der Waals surface area (Å²) in [6.07, 6.45) is 5.08. The smallest absolute Gasteiger partial charge is 0.327 e. The Morgan fingerprint density at radius 1 is 1.40 bits per heavy atom. The van der Waals surface area contributed by atoms with Crippen LogP contribution in [0.3, 0.4) is 0 Å². The molecule has 0 bridgehead atoms. The monoisotopic (exact) mass is 212 g/mol. The van der Waals surface area contributed by atoms with Crippen molar-refractivity contribution in [2.45, 2.75) is 25.7 Å². The number of hydrogen-bond donors (Lipinski definition) is 0. The molecule has 0 aliphatic carbocycles. The average Bonchev–Trinajstić information content (AvgIpc) is 2.59. The van der Waals surface area contributed by atoms with Gasteiger partial charge in [0.2, 0.25) is 0 Å². The van der Waals surface area contributed by atoms with E-state index in [1.807, 2.05) is 0 Å². The van der Waals surface area contributed by atoms with Crippen molar-refractivity contribution in [2.24, 2.45) is 7.05 Å². The van der Waals surface area contributed by atoms with Crippen molar-refractivity contribution in [3.8, 4) is 0 Å². The van der Waals surface area contributed by atoms with Crippen molar-refractivity contribution >= 4 is 0 Å². The molecule has 0 aromatic carbocycles. The summed E-state index contributed by atoms with van der Waals surface area (Å²) in [7, 11) is 1.74. The SMILES string of the molecule is Cn1ccn(CCC2OCCCO2)c1=O. The Bertz CT molecular complexity index is 363. The molecule has 5 nitrogen and oxygen atoms in total. The van der Waals surface area contributed by atoms with Crippen LogP contribution in [0.25, 0.3) is 0 Å². The molecule has 0 amide bonds. The topological polar surface area (TPSA) is 45.4 Å². The van der Waals surface area contributed by atoms with Gasteiger partial charge in [0, 0.05) is 32.4 Å². The predicted molar refractivity (Wildman–Crippen MR) is 54.6 cm³/mol. The first-order chi connectivity index (χ1) is 7.27. The summed E-state index contributed by atoms with van der Waals surface area (Å²) >= 11 is 0. The van der Waals surface area contributed by atoms with E-state index in [9.17, 15) is 4.79 Å². The van der Waals surface area contributed by atoms with Crippen molar-refractivity contribution in [3.63, 3.8) is 0 Å². The third-order valence-electron chi connectivity index (χ3n) is 2.52. The summed E-state index contributed by atoms with van der Waals surface area (Å²) in [4.78, 5) is 11.5. The molecule has 84 valence electrons. The van der Waals surface area contributed by atoms with Crippen molar-refractivity contribution < 1.29 is 9.47 Å². The number of nitrogens with zero attached hydrogens (tertiary/aromatic N) is 2. The Balaban J connectivity index is 1.87. The van der Waals surface area contributed by atoms with Gasteiger partial charge in [0.15, 0.2) is 6.29 Å². The highest BCUT2D eigenvalue weighted by atomic mass is 16.7. The van der Waals surface area contributed by atoms with E-state index in [0.717, 1.165) is 26.1 Å². The van der Waals surface area contributed by atoms with Gasteiger partial charge in [0.1, 0.15) is 0 Å². The fraction of sp³-hybridized carbons (Fsp3) is 0.700. The molecule has 0 saturated carbocycles. The molecule has 0 unspecified atom stereocenters. The number of aromatic nitrogens is 2. The molecule has 1 aromatic rings. The molecule has 1 saturated heterocycles. The highest BCUT2D eigenvalue weighted by Gasteiger charge is 2.14. The van der Waals surface area contributed by atoms with Gasteiger partial charge in [-0.25, -0.2) is 4.79 Å². The zero-order chi connectivity index (χ0) is 10.7. The highest BCUT2D eigenvalue weighted by molar-refractivity contribution is 4.79. The van der Waals surface area contributed by atoms with Gasteiger partial charge in [-0.05, 0) is 6.42 Å². The van der Waals surface area contributed by atoms with Crippen LogP contribution in [0.5, 0.6) is 0 Å². The van der Waals surface area contributed by atoms with Gasteiger partial charge in [-0.3, -0.25) is 4.57 Å². The van der Waals surface area contributed by atoms with Gasteiger partial charge < -0.3 is 14.0 Å². The first-order valence-corrected chi connectivity index (χ1v) is 5.22. The van der Waals surface area contributed by atoms with E-state index in [1.54, 1.807) is 28.6 Å². The maximum atomic E-state index is 11.5. The van der Waals surface area contributed by atoms with Crippen LogP contribution in [0.15, 0.2) is 17.2 Å². The van der Waals surface area contributed by atoms with Gasteiger partial charge >= 0.3 is 5.69 Å². The number of hydrogen-bond acceptors (Lipinski definition) is 3. The van der Waals surface area contributed by atoms with Crippen LogP contribution in [-0.2, 0) is 23.1 Å². The van der Waals surface area contributed by atoms with E-state index in [-0.39, 0.29) is 12.0 Å². The molecule has 1 aliphatic heterocycles. The van der Waals surface area contributed by atoms with Crippen molar-refractivity contribution in [2.75, 3.05) is 13.2 Å². The molecule has 15 heavy (non-hydrogen) atoms. The summed E-state index contributed by atoms with van der Waals surface area (Å²) in [5.41, 5.74) is 0.00538. The fourth-order valence-corrected chi connectivity index (χ4v) is 1.63. The zero-order valence-corrected chi connectivity index (χ0v) is 8.89. The lowest BCUT2D eigenvalue weighted by atomic mass is 10.3. The van der Waals surface area contributed by atoms with Gasteiger partial charge in [-0.2, -0.15) is 0 Å². The molecule has 0 atom stereocenters. The number of imidazole rings is 1. The molecule has 0 N–H and O–H groups in total. The Labute approximate surface area is 88.2 Å². The van der Waals surface area contributed by atoms with Crippen LogP contribution < -0.4 is 5.69 Å². The Morgan fingerprint density at radius 2 is 2.13 bits per heavy atom. The maximum absolute atomic E-state index is 11.5. The highest BCUT2D eigenvalue weighted by Crippen LogP contribution is 2.08. The minimum absolute atomic E-state index is 0.00538. The molecule has 1 fully saturated rings. The number of aryl methyl sites for hydroxylation is 2. The Morgan fingerprint density at radius 3 is 2.73 bits per heavy atom. The second-order valence-electron chi connectivity index (χ2n) is 3.70. The molecular weight excluding hydrogens is 196 g/mol. The summed E-state index contributed by atoms with van der Waals surface area (Å²) < 4.78 is 14.0. The quantitative estimate of drug-likeness (QED) is 0.725. The third kappa shape index (κ3) is 2.49. The molecule has 1 aromatic heterocycles. The van der Waals surface area contributed by atoms with E-state index < -0.39 is 0 Å². The normalized spacial score (nSPS) is 18.2. The predicted octanol–water partition coefficient (Wildman–Crippen LogP) is 0.340. The summed E-state index contributed by atoms with van der Waals surface area (Å²) in [5, 5.41) is 0. The Hall–Kier alpha value is -1.07.